The van der Waals surface area contributed by atoms with Crippen molar-refractivity contribution in [2.75, 3.05) is 32.9 Å². The molecular weight excluding hydrogens is 370 g/mol. The number of hydrogen-bond donors (Lipinski definition) is 0. The van der Waals surface area contributed by atoms with Crippen LogP contribution >= 0.6 is 11.6 Å². The van der Waals surface area contributed by atoms with Gasteiger partial charge in [-0.05, 0) is 19.4 Å². The van der Waals surface area contributed by atoms with Crippen molar-refractivity contribution in [1.29, 1.82) is 0 Å². The number of carbonyl (C=O) groups is 2. The van der Waals surface area contributed by atoms with E-state index in [2.05, 4.69) is 5.10 Å². The molecule has 1 fully saturated rings. The molecule has 1 saturated heterocycles. The molecule has 3 rings (SSSR count). The highest BCUT2D eigenvalue weighted by Gasteiger charge is 2.24. The van der Waals surface area contributed by atoms with Crippen molar-refractivity contribution >= 4 is 23.5 Å². The van der Waals surface area contributed by atoms with E-state index in [0.29, 0.717) is 38.5 Å². The van der Waals surface area contributed by atoms with Crippen LogP contribution in [0.1, 0.15) is 27.2 Å². The molecule has 1 aromatic carbocycles. The van der Waals surface area contributed by atoms with Gasteiger partial charge in [0.15, 0.2) is 6.61 Å². The Morgan fingerprint density at radius 1 is 1.19 bits per heavy atom. The lowest BCUT2D eigenvalue weighted by Crippen LogP contribution is -2.42. The number of amides is 1. The quantitative estimate of drug-likeness (QED) is 0.730. The van der Waals surface area contributed by atoms with E-state index < -0.39 is 5.97 Å². The van der Waals surface area contributed by atoms with Gasteiger partial charge >= 0.3 is 5.97 Å². The maximum absolute atomic E-state index is 12.4. The number of benzene rings is 1. The molecule has 0 unspecified atom stereocenters. The van der Waals surface area contributed by atoms with Crippen LogP contribution in [0.5, 0.6) is 0 Å². The van der Waals surface area contributed by atoms with Gasteiger partial charge < -0.3 is 14.4 Å². The Balaban J connectivity index is 1.65. The summed E-state index contributed by atoms with van der Waals surface area (Å²) in [5.41, 5.74) is 2.84. The van der Waals surface area contributed by atoms with Gasteiger partial charge in [0.2, 0.25) is 0 Å². The summed E-state index contributed by atoms with van der Waals surface area (Å²) in [6.07, 6.45) is 0. The van der Waals surface area contributed by atoms with Crippen molar-refractivity contribution in [3.63, 3.8) is 0 Å². The fraction of sp³-hybridized carbons (Fsp3) is 0.421. The van der Waals surface area contributed by atoms with E-state index in [1.807, 2.05) is 31.2 Å². The molecule has 8 heteroatoms. The third-order valence-electron chi connectivity index (χ3n) is 4.41. The summed E-state index contributed by atoms with van der Waals surface area (Å²) in [5, 5.41) is 4.54. The molecule has 0 saturated carbocycles. The van der Waals surface area contributed by atoms with E-state index in [-0.39, 0.29) is 23.2 Å². The number of ether oxygens (including phenoxy) is 2. The second-order valence-electron chi connectivity index (χ2n) is 6.46. The Labute approximate surface area is 162 Å². The first-order valence-electron chi connectivity index (χ1n) is 8.77. The van der Waals surface area contributed by atoms with E-state index >= 15 is 0 Å². The minimum atomic E-state index is -0.644. The summed E-state index contributed by atoms with van der Waals surface area (Å²) >= 11 is 6.36. The van der Waals surface area contributed by atoms with Crippen molar-refractivity contribution < 1.29 is 19.1 Å². The highest BCUT2D eigenvalue weighted by atomic mass is 35.5. The summed E-state index contributed by atoms with van der Waals surface area (Å²) in [6, 6.07) is 7.99. The summed E-state index contributed by atoms with van der Waals surface area (Å²) in [4.78, 5) is 26.2. The van der Waals surface area contributed by atoms with Crippen LogP contribution in [0, 0.1) is 13.8 Å². The maximum atomic E-state index is 12.4. The van der Waals surface area contributed by atoms with Crippen LogP contribution in [0.25, 0.3) is 0 Å². The largest absolute Gasteiger partial charge is 0.452 e. The zero-order valence-electron chi connectivity index (χ0n) is 15.4. The summed E-state index contributed by atoms with van der Waals surface area (Å²) < 4.78 is 11.9. The average Bonchev–Trinajstić information content (AvgIpc) is 2.95. The second-order valence-corrected chi connectivity index (χ2v) is 6.82. The first kappa shape index (κ1) is 19.4. The van der Waals surface area contributed by atoms with Crippen molar-refractivity contribution in [2.45, 2.75) is 20.4 Å². The molecule has 7 nitrogen and oxygen atoms in total. The first-order valence-corrected chi connectivity index (χ1v) is 9.14. The van der Waals surface area contributed by atoms with Crippen LogP contribution in [-0.2, 0) is 20.8 Å². The predicted molar refractivity (Wildman–Crippen MR) is 99.9 cm³/mol. The van der Waals surface area contributed by atoms with Gasteiger partial charge in [0.1, 0.15) is 10.7 Å². The molecule has 144 valence electrons. The van der Waals surface area contributed by atoms with Gasteiger partial charge in [-0.25, -0.2) is 9.48 Å². The van der Waals surface area contributed by atoms with Crippen LogP contribution in [0.4, 0.5) is 0 Å². The molecule has 0 bridgehead atoms. The molecule has 27 heavy (non-hydrogen) atoms. The summed E-state index contributed by atoms with van der Waals surface area (Å²) in [6.45, 7) is 5.83. The number of hydrogen-bond acceptors (Lipinski definition) is 5. The molecule has 1 aliphatic rings. The van der Waals surface area contributed by atoms with Crippen molar-refractivity contribution in [3.8, 4) is 0 Å². The van der Waals surface area contributed by atoms with Gasteiger partial charge in [0.05, 0.1) is 25.5 Å². The molecule has 0 atom stereocenters. The molecule has 0 aliphatic carbocycles. The van der Waals surface area contributed by atoms with E-state index in [1.165, 1.54) is 0 Å². The van der Waals surface area contributed by atoms with Crippen molar-refractivity contribution in [2.24, 2.45) is 0 Å². The predicted octanol–water partition coefficient (Wildman–Crippen LogP) is 2.22. The Hall–Kier alpha value is -2.38. The topological polar surface area (TPSA) is 73.7 Å². The number of aryl methyl sites for hydroxylation is 2. The van der Waals surface area contributed by atoms with Crippen LogP contribution in [0.3, 0.4) is 0 Å². The molecule has 1 amide bonds. The van der Waals surface area contributed by atoms with Gasteiger partial charge in [-0.3, -0.25) is 4.79 Å². The Morgan fingerprint density at radius 3 is 2.52 bits per heavy atom. The van der Waals surface area contributed by atoms with E-state index in [9.17, 15) is 9.59 Å². The number of esters is 1. The Kier molecular flexibility index (Phi) is 6.13. The molecule has 0 N–H and O–H groups in total. The molecule has 1 aliphatic heterocycles. The minimum Gasteiger partial charge on any atom is -0.452 e. The number of halogens is 1. The SMILES string of the molecule is Cc1ccc(Cn2nc(C)c(C(=O)OCC(=O)N3CCOCC3)c2Cl)cc1. The number of nitrogens with zero attached hydrogens (tertiary/aromatic N) is 3. The number of morpholine rings is 1. The number of carbonyl (C=O) groups excluding carboxylic acids is 2. The normalized spacial score (nSPS) is 14.3. The number of aromatic nitrogens is 2. The van der Waals surface area contributed by atoms with Crippen LogP contribution < -0.4 is 0 Å². The molecular formula is C19H22ClN3O4. The lowest BCUT2D eigenvalue weighted by atomic mass is 10.1. The highest BCUT2D eigenvalue weighted by molar-refractivity contribution is 6.32. The van der Waals surface area contributed by atoms with Crippen molar-refractivity contribution in [1.82, 2.24) is 14.7 Å². The molecule has 1 aromatic heterocycles. The molecule has 0 spiro atoms. The van der Waals surface area contributed by atoms with Crippen molar-refractivity contribution in [3.05, 3.63) is 51.8 Å². The molecule has 0 radical (unpaired) electrons. The maximum Gasteiger partial charge on any atom is 0.343 e. The third-order valence-corrected chi connectivity index (χ3v) is 4.80. The van der Waals surface area contributed by atoms with Gasteiger partial charge in [0, 0.05) is 13.1 Å². The van der Waals surface area contributed by atoms with Gasteiger partial charge in [0.25, 0.3) is 5.91 Å². The van der Waals surface area contributed by atoms with Gasteiger partial charge in [-0.15, -0.1) is 0 Å². The number of rotatable bonds is 5. The fourth-order valence-electron chi connectivity index (χ4n) is 2.86. The lowest BCUT2D eigenvalue weighted by Gasteiger charge is -2.26. The Morgan fingerprint density at radius 2 is 1.85 bits per heavy atom. The van der Waals surface area contributed by atoms with Crippen LogP contribution in [0.2, 0.25) is 5.15 Å². The average molecular weight is 392 g/mol. The smallest absolute Gasteiger partial charge is 0.343 e. The fourth-order valence-corrected chi connectivity index (χ4v) is 3.17. The zero-order valence-corrected chi connectivity index (χ0v) is 16.2. The van der Waals surface area contributed by atoms with E-state index in [0.717, 1.165) is 11.1 Å². The first-order chi connectivity index (χ1) is 13.0. The van der Waals surface area contributed by atoms with Crippen LogP contribution in [-0.4, -0.2) is 59.5 Å². The summed E-state index contributed by atoms with van der Waals surface area (Å²) in [5.74, 6) is -0.887. The molecule has 2 heterocycles. The second kappa shape index (κ2) is 8.54. The summed E-state index contributed by atoms with van der Waals surface area (Å²) in [7, 11) is 0. The monoisotopic (exact) mass is 391 g/mol. The van der Waals surface area contributed by atoms with Gasteiger partial charge in [-0.1, -0.05) is 41.4 Å². The zero-order chi connectivity index (χ0) is 19.4. The standard InChI is InChI=1S/C19H22ClN3O4/c1-13-3-5-15(6-4-13)11-23-18(20)17(14(2)21-23)19(25)27-12-16(24)22-7-9-26-10-8-22/h3-6H,7-12H2,1-2H3. The third kappa shape index (κ3) is 4.67. The van der Waals surface area contributed by atoms with E-state index in [1.54, 1.807) is 16.5 Å². The van der Waals surface area contributed by atoms with Gasteiger partial charge in [-0.2, -0.15) is 5.10 Å². The highest BCUT2D eigenvalue weighted by Crippen LogP contribution is 2.22. The van der Waals surface area contributed by atoms with E-state index in [4.69, 9.17) is 21.1 Å². The minimum absolute atomic E-state index is 0.193. The Bertz CT molecular complexity index is 826. The van der Waals surface area contributed by atoms with Crippen LogP contribution in [0.15, 0.2) is 24.3 Å². The lowest BCUT2D eigenvalue weighted by molar-refractivity contribution is -0.138. The molecule has 2 aromatic rings.